The maximum atomic E-state index is 10.8. The largest absolute Gasteiger partial charge is 0.481 e. The summed E-state index contributed by atoms with van der Waals surface area (Å²) >= 11 is 0. The molecule has 142 valence electrons. The molecule has 1 spiro atoms. The quantitative estimate of drug-likeness (QED) is 0.775. The zero-order chi connectivity index (χ0) is 17.8. The Morgan fingerprint density at radius 3 is 2.76 bits per heavy atom. The maximum absolute atomic E-state index is 10.8. The van der Waals surface area contributed by atoms with E-state index in [1.54, 1.807) is 0 Å². The minimum Gasteiger partial charge on any atom is -0.481 e. The topological polar surface area (TPSA) is 83.5 Å². The molecule has 4 saturated heterocycles. The van der Waals surface area contributed by atoms with Crippen LogP contribution in [0.3, 0.4) is 0 Å². The number of rotatable bonds is 4. The van der Waals surface area contributed by atoms with Gasteiger partial charge in [-0.15, -0.1) is 0 Å². The molecule has 0 aromatic carbocycles. The van der Waals surface area contributed by atoms with Gasteiger partial charge in [-0.3, -0.25) is 4.79 Å². The maximum Gasteiger partial charge on any atom is 0.305 e. The molecule has 2 bridgehead atoms. The Morgan fingerprint density at radius 1 is 1.20 bits per heavy atom. The highest BCUT2D eigenvalue weighted by Gasteiger charge is 2.69. The van der Waals surface area contributed by atoms with Crippen molar-refractivity contribution in [2.24, 2.45) is 23.7 Å². The highest BCUT2D eigenvalue weighted by atomic mass is 17.3. The number of aliphatic carboxylic acids is 1. The third kappa shape index (κ3) is 2.72. The summed E-state index contributed by atoms with van der Waals surface area (Å²) in [4.78, 5) is 22.6. The summed E-state index contributed by atoms with van der Waals surface area (Å²) < 4.78 is 18.2. The molecular formula is C18H28O7. The molecule has 1 N–H and O–H groups in total. The van der Waals surface area contributed by atoms with Gasteiger partial charge in [-0.1, -0.05) is 13.8 Å². The van der Waals surface area contributed by atoms with Gasteiger partial charge in [-0.25, -0.2) is 9.78 Å². The summed E-state index contributed by atoms with van der Waals surface area (Å²) in [6, 6.07) is 0. The average molecular weight is 356 g/mol. The summed E-state index contributed by atoms with van der Waals surface area (Å²) in [6.07, 6.45) is 2.83. The second-order valence-electron chi connectivity index (χ2n) is 8.29. The van der Waals surface area contributed by atoms with Gasteiger partial charge in [0.25, 0.3) is 0 Å². The fourth-order valence-corrected chi connectivity index (χ4v) is 5.32. The first-order valence-corrected chi connectivity index (χ1v) is 9.39. The number of hydrogen-bond donors (Lipinski definition) is 1. The second kappa shape index (κ2) is 6.16. The van der Waals surface area contributed by atoms with Crippen molar-refractivity contribution in [3.8, 4) is 0 Å². The van der Waals surface area contributed by atoms with Crippen molar-refractivity contribution in [1.82, 2.24) is 0 Å². The van der Waals surface area contributed by atoms with Crippen molar-refractivity contribution < 1.29 is 33.9 Å². The van der Waals surface area contributed by atoms with Crippen molar-refractivity contribution in [3.63, 3.8) is 0 Å². The van der Waals surface area contributed by atoms with Gasteiger partial charge >= 0.3 is 5.97 Å². The molecule has 5 aliphatic rings. The van der Waals surface area contributed by atoms with E-state index < -0.39 is 29.9 Å². The zero-order valence-corrected chi connectivity index (χ0v) is 15.1. The van der Waals surface area contributed by atoms with Crippen LogP contribution in [-0.4, -0.2) is 41.7 Å². The molecular weight excluding hydrogens is 328 g/mol. The van der Waals surface area contributed by atoms with Gasteiger partial charge in [0.05, 0.1) is 13.0 Å². The number of carboxylic acid groups (broad SMARTS) is 1. The van der Waals surface area contributed by atoms with Gasteiger partial charge in [0, 0.05) is 18.3 Å². The third-order valence-corrected chi connectivity index (χ3v) is 6.70. The normalized spacial score (nSPS) is 51.6. The average Bonchev–Trinajstić information content (AvgIpc) is 2.78. The summed E-state index contributed by atoms with van der Waals surface area (Å²) in [5.41, 5.74) is -0.597. The van der Waals surface area contributed by atoms with Gasteiger partial charge in [-0.05, 0) is 38.0 Å². The Labute approximate surface area is 147 Å². The van der Waals surface area contributed by atoms with Crippen LogP contribution in [0.25, 0.3) is 0 Å². The third-order valence-electron chi connectivity index (χ3n) is 6.70. The lowest BCUT2D eigenvalue weighted by Gasteiger charge is -2.60. The first-order chi connectivity index (χ1) is 11.9. The molecule has 1 saturated carbocycles. The molecule has 4 aliphatic heterocycles. The van der Waals surface area contributed by atoms with E-state index in [0.717, 1.165) is 25.7 Å². The fraction of sp³-hybridized carbons (Fsp3) is 0.944. The molecule has 25 heavy (non-hydrogen) atoms. The van der Waals surface area contributed by atoms with Crippen molar-refractivity contribution >= 4 is 5.97 Å². The summed E-state index contributed by atoms with van der Waals surface area (Å²) in [6.45, 7) is 6.39. The van der Waals surface area contributed by atoms with Gasteiger partial charge in [0.15, 0.2) is 18.2 Å². The molecule has 7 nitrogen and oxygen atoms in total. The van der Waals surface area contributed by atoms with E-state index in [4.69, 9.17) is 29.1 Å². The van der Waals surface area contributed by atoms with Crippen LogP contribution in [-0.2, 0) is 28.8 Å². The first kappa shape index (κ1) is 17.7. The molecule has 0 unspecified atom stereocenters. The Hall–Kier alpha value is -0.730. The van der Waals surface area contributed by atoms with Crippen LogP contribution in [0.4, 0.5) is 0 Å². The molecule has 5 fully saturated rings. The molecule has 0 radical (unpaired) electrons. The monoisotopic (exact) mass is 356 g/mol. The second-order valence-corrected chi connectivity index (χ2v) is 8.29. The molecule has 4 heterocycles. The van der Waals surface area contributed by atoms with Crippen LogP contribution in [0.2, 0.25) is 0 Å². The van der Waals surface area contributed by atoms with E-state index in [0.29, 0.717) is 11.8 Å². The van der Waals surface area contributed by atoms with Gasteiger partial charge in [-0.2, -0.15) is 0 Å². The lowest BCUT2D eigenvalue weighted by molar-refractivity contribution is -0.577. The standard InChI is InChI=1S/C18H28O7/c1-10-4-5-13-11(2)15(21-9-7-14(19)20)22-16-18(13)12(10)6-8-17(3,23-16)24-25-18/h10-13,15-16H,4-9H2,1-3H3,(H,19,20)/t10-,11-,12+,13+,15+,16-,17+,18-/m1/s1. The number of hydrogen-bond acceptors (Lipinski definition) is 6. The van der Waals surface area contributed by atoms with E-state index in [1.165, 1.54) is 0 Å². The van der Waals surface area contributed by atoms with Crippen molar-refractivity contribution in [2.75, 3.05) is 6.61 Å². The van der Waals surface area contributed by atoms with Crippen LogP contribution in [0.15, 0.2) is 0 Å². The smallest absolute Gasteiger partial charge is 0.305 e. The summed E-state index contributed by atoms with van der Waals surface area (Å²) in [5.74, 6) is -0.557. The molecule has 0 aromatic heterocycles. The zero-order valence-electron chi connectivity index (χ0n) is 15.1. The van der Waals surface area contributed by atoms with Crippen molar-refractivity contribution in [3.05, 3.63) is 0 Å². The minimum absolute atomic E-state index is 0.0368. The summed E-state index contributed by atoms with van der Waals surface area (Å²) in [5, 5.41) is 8.84. The van der Waals surface area contributed by atoms with Crippen LogP contribution >= 0.6 is 0 Å². The molecule has 8 atom stereocenters. The van der Waals surface area contributed by atoms with E-state index in [9.17, 15) is 4.79 Å². The molecule has 5 rings (SSSR count). The van der Waals surface area contributed by atoms with Crippen LogP contribution < -0.4 is 0 Å². The fourth-order valence-electron chi connectivity index (χ4n) is 5.32. The molecule has 0 aromatic rings. The Kier molecular flexibility index (Phi) is 4.36. The highest BCUT2D eigenvalue weighted by Crippen LogP contribution is 2.60. The van der Waals surface area contributed by atoms with E-state index >= 15 is 0 Å². The number of carboxylic acids is 1. The Bertz CT molecular complexity index is 540. The van der Waals surface area contributed by atoms with Crippen LogP contribution in [0.1, 0.15) is 52.9 Å². The van der Waals surface area contributed by atoms with Gasteiger partial charge in [0.2, 0.25) is 5.79 Å². The SMILES string of the molecule is C[C@H]1[C@@H](OCCC(=O)O)O[C@@H]2O[C@]3(C)CC[C@H]4[C@H](C)CC[C@@H]1[C@@]24OO3. The van der Waals surface area contributed by atoms with E-state index in [1.807, 2.05) is 6.92 Å². The number of carbonyl (C=O) groups is 1. The van der Waals surface area contributed by atoms with Crippen molar-refractivity contribution in [1.29, 1.82) is 0 Å². The Morgan fingerprint density at radius 2 is 2.00 bits per heavy atom. The number of fused-ring (bicyclic) bond motifs is 2. The molecule has 0 amide bonds. The van der Waals surface area contributed by atoms with E-state index in [2.05, 4.69) is 13.8 Å². The van der Waals surface area contributed by atoms with E-state index in [-0.39, 0.29) is 24.9 Å². The van der Waals surface area contributed by atoms with Gasteiger partial charge < -0.3 is 19.3 Å². The number of ether oxygens (including phenoxy) is 3. The van der Waals surface area contributed by atoms with Crippen molar-refractivity contribution in [2.45, 2.75) is 76.8 Å². The predicted molar refractivity (Wildman–Crippen MR) is 85.0 cm³/mol. The van der Waals surface area contributed by atoms with Crippen LogP contribution in [0.5, 0.6) is 0 Å². The lowest BCUT2D eigenvalue weighted by atomic mass is 9.58. The minimum atomic E-state index is -0.875. The molecule has 1 aliphatic carbocycles. The lowest BCUT2D eigenvalue weighted by Crippen LogP contribution is -2.70. The van der Waals surface area contributed by atoms with Gasteiger partial charge in [0.1, 0.15) is 0 Å². The Balaban J connectivity index is 1.62. The summed E-state index contributed by atoms with van der Waals surface area (Å²) in [7, 11) is 0. The first-order valence-electron chi connectivity index (χ1n) is 9.39. The van der Waals surface area contributed by atoms with Crippen LogP contribution in [0, 0.1) is 23.7 Å². The highest BCUT2D eigenvalue weighted by molar-refractivity contribution is 5.66. The molecule has 7 heteroatoms. The predicted octanol–water partition coefficient (Wildman–Crippen LogP) is 2.69.